The molecule has 1 N–H and O–H groups in total. The van der Waals surface area contributed by atoms with E-state index in [9.17, 15) is 27.2 Å². The molecule has 7 heteroatoms. The van der Waals surface area contributed by atoms with Crippen LogP contribution in [0.1, 0.15) is 11.1 Å². The molecule has 0 aliphatic carbocycles. The number of imide groups is 1. The smallest absolute Gasteiger partial charge is 0.289 e. The number of halogens is 4. The van der Waals surface area contributed by atoms with Crippen molar-refractivity contribution in [3.63, 3.8) is 0 Å². The van der Waals surface area contributed by atoms with E-state index in [1.54, 1.807) is 0 Å². The van der Waals surface area contributed by atoms with Crippen molar-refractivity contribution in [2.24, 2.45) is 0 Å². The summed E-state index contributed by atoms with van der Waals surface area (Å²) in [5.74, 6) is -2.70. The van der Waals surface area contributed by atoms with Gasteiger partial charge in [0.1, 0.15) is 5.82 Å². The van der Waals surface area contributed by atoms with E-state index in [1.807, 2.05) is 5.32 Å². The van der Waals surface area contributed by atoms with Crippen molar-refractivity contribution in [1.82, 2.24) is 5.32 Å². The van der Waals surface area contributed by atoms with E-state index in [2.05, 4.69) is 0 Å². The summed E-state index contributed by atoms with van der Waals surface area (Å²) in [5.41, 5.74) is -2.05. The first kappa shape index (κ1) is 12.3. The van der Waals surface area contributed by atoms with Crippen molar-refractivity contribution in [3.05, 3.63) is 41.2 Å². The lowest BCUT2D eigenvalue weighted by atomic mass is 10.0. The normalized spacial score (nSPS) is 15.7. The van der Waals surface area contributed by atoms with Crippen LogP contribution in [0.3, 0.4) is 0 Å². The lowest BCUT2D eigenvalue weighted by molar-refractivity contribution is -0.137. The molecule has 1 aliphatic rings. The number of hydrogen-bond acceptors (Lipinski definition) is 2. The van der Waals surface area contributed by atoms with Gasteiger partial charge in [0.2, 0.25) is 0 Å². The van der Waals surface area contributed by atoms with E-state index in [4.69, 9.17) is 0 Å². The number of alkyl halides is 3. The molecule has 0 saturated heterocycles. The maximum Gasteiger partial charge on any atom is 0.416 e. The topological polar surface area (TPSA) is 46.2 Å². The minimum absolute atomic E-state index is 0.413. The van der Waals surface area contributed by atoms with Gasteiger partial charge in [0.05, 0.1) is 11.1 Å². The maximum absolute atomic E-state index is 13.4. The molecule has 0 atom stereocenters. The van der Waals surface area contributed by atoms with Gasteiger partial charge in [-0.1, -0.05) is 0 Å². The lowest BCUT2D eigenvalue weighted by Gasteiger charge is -2.09. The number of nitrogens with one attached hydrogen (secondary N) is 1. The Labute approximate surface area is 98.1 Å². The molecule has 18 heavy (non-hydrogen) atoms. The van der Waals surface area contributed by atoms with Crippen LogP contribution in [-0.2, 0) is 15.8 Å². The van der Waals surface area contributed by atoms with Crippen molar-refractivity contribution >= 4 is 17.4 Å². The number of benzene rings is 1. The predicted molar refractivity (Wildman–Crippen MR) is 52.5 cm³/mol. The summed E-state index contributed by atoms with van der Waals surface area (Å²) < 4.78 is 50.8. The van der Waals surface area contributed by atoms with Crippen LogP contribution >= 0.6 is 0 Å². The fraction of sp³-hybridized carbons (Fsp3) is 0.0909. The molecule has 1 aliphatic heterocycles. The molecule has 2 rings (SSSR count). The zero-order valence-electron chi connectivity index (χ0n) is 8.64. The van der Waals surface area contributed by atoms with Crippen LogP contribution in [0.4, 0.5) is 17.6 Å². The fourth-order valence-corrected chi connectivity index (χ4v) is 1.52. The Bertz CT molecular complexity index is 575. The Hall–Kier alpha value is -2.18. The van der Waals surface area contributed by atoms with E-state index in [1.165, 1.54) is 0 Å². The summed E-state index contributed by atoms with van der Waals surface area (Å²) in [6.45, 7) is 0. The second-order valence-electron chi connectivity index (χ2n) is 3.57. The van der Waals surface area contributed by atoms with Crippen molar-refractivity contribution in [1.29, 1.82) is 0 Å². The van der Waals surface area contributed by atoms with Crippen molar-refractivity contribution in [3.8, 4) is 0 Å². The Morgan fingerprint density at radius 1 is 1.11 bits per heavy atom. The summed E-state index contributed by atoms with van der Waals surface area (Å²) in [7, 11) is 0. The quantitative estimate of drug-likeness (QED) is 0.618. The number of carbonyl (C=O) groups is 2. The van der Waals surface area contributed by atoms with E-state index in [0.717, 1.165) is 6.08 Å². The van der Waals surface area contributed by atoms with E-state index >= 15 is 0 Å². The lowest BCUT2D eigenvalue weighted by Crippen LogP contribution is -2.22. The highest BCUT2D eigenvalue weighted by atomic mass is 19.4. The molecule has 94 valence electrons. The second kappa shape index (κ2) is 3.94. The highest BCUT2D eigenvalue weighted by molar-refractivity contribution is 6.33. The molecule has 0 spiro atoms. The molecule has 0 bridgehead atoms. The van der Waals surface area contributed by atoms with E-state index in [-0.39, 0.29) is 0 Å². The van der Waals surface area contributed by atoms with Crippen LogP contribution in [0.15, 0.2) is 24.3 Å². The third kappa shape index (κ3) is 2.11. The first-order valence-electron chi connectivity index (χ1n) is 4.73. The number of hydrogen-bond donors (Lipinski definition) is 1. The van der Waals surface area contributed by atoms with Gasteiger partial charge in [0.25, 0.3) is 11.8 Å². The minimum Gasteiger partial charge on any atom is -0.289 e. The molecule has 0 unspecified atom stereocenters. The first-order valence-corrected chi connectivity index (χ1v) is 4.73. The molecular formula is C11H5F4NO2. The Morgan fingerprint density at radius 3 is 2.28 bits per heavy atom. The molecule has 1 aromatic carbocycles. The van der Waals surface area contributed by atoms with Gasteiger partial charge < -0.3 is 0 Å². The molecule has 0 radical (unpaired) electrons. The van der Waals surface area contributed by atoms with E-state index < -0.39 is 40.5 Å². The van der Waals surface area contributed by atoms with Gasteiger partial charge in [-0.2, -0.15) is 13.2 Å². The molecule has 1 aromatic rings. The third-order valence-corrected chi connectivity index (χ3v) is 2.34. The average Bonchev–Trinajstić information content (AvgIpc) is 2.56. The van der Waals surface area contributed by atoms with Crippen LogP contribution in [0, 0.1) is 5.82 Å². The van der Waals surface area contributed by atoms with Gasteiger partial charge in [0.15, 0.2) is 0 Å². The maximum atomic E-state index is 13.4. The van der Waals surface area contributed by atoms with E-state index in [0.29, 0.717) is 18.2 Å². The number of carbonyl (C=O) groups excluding carboxylic acids is 2. The van der Waals surface area contributed by atoms with Crippen molar-refractivity contribution < 1.29 is 27.2 Å². The van der Waals surface area contributed by atoms with Gasteiger partial charge in [-0.15, -0.1) is 0 Å². The highest BCUT2D eigenvalue weighted by Gasteiger charge is 2.33. The van der Waals surface area contributed by atoms with Crippen molar-refractivity contribution in [2.75, 3.05) is 0 Å². The van der Waals surface area contributed by atoms with Gasteiger partial charge >= 0.3 is 6.18 Å². The van der Waals surface area contributed by atoms with Gasteiger partial charge in [-0.05, 0) is 18.2 Å². The SMILES string of the molecule is O=C1C=C(c2cc(C(F)(F)F)ccc2F)C(=O)N1. The van der Waals surface area contributed by atoms with Crippen molar-refractivity contribution in [2.45, 2.75) is 6.18 Å². The summed E-state index contributed by atoms with van der Waals surface area (Å²) in [6, 6.07) is 1.67. The zero-order chi connectivity index (χ0) is 13.5. The molecule has 0 fully saturated rings. The number of amides is 2. The van der Waals surface area contributed by atoms with Crippen LogP contribution in [0.25, 0.3) is 5.57 Å². The third-order valence-electron chi connectivity index (χ3n) is 2.34. The van der Waals surface area contributed by atoms with Crippen LogP contribution in [0.5, 0.6) is 0 Å². The molecule has 1 heterocycles. The monoisotopic (exact) mass is 259 g/mol. The average molecular weight is 259 g/mol. The molecule has 0 saturated carbocycles. The molecule has 2 amide bonds. The first-order chi connectivity index (χ1) is 8.29. The van der Waals surface area contributed by atoms with Crippen LogP contribution < -0.4 is 5.32 Å². The molecule has 0 aromatic heterocycles. The minimum atomic E-state index is -4.65. The summed E-state index contributed by atoms with van der Waals surface area (Å²) in [4.78, 5) is 22.1. The number of rotatable bonds is 1. The summed E-state index contributed by atoms with van der Waals surface area (Å²) >= 11 is 0. The van der Waals surface area contributed by atoms with Gasteiger partial charge in [-0.25, -0.2) is 4.39 Å². The van der Waals surface area contributed by atoms with Crippen LogP contribution in [-0.4, -0.2) is 11.8 Å². The predicted octanol–water partition coefficient (Wildman–Crippen LogP) is 1.88. The largest absolute Gasteiger partial charge is 0.416 e. The molecular weight excluding hydrogens is 254 g/mol. The zero-order valence-corrected chi connectivity index (χ0v) is 8.64. The fourth-order valence-electron chi connectivity index (χ4n) is 1.52. The molecule has 3 nitrogen and oxygen atoms in total. The van der Waals surface area contributed by atoms with Gasteiger partial charge in [-0.3, -0.25) is 14.9 Å². The Kier molecular flexibility index (Phi) is 2.68. The summed E-state index contributed by atoms with van der Waals surface area (Å²) in [6.07, 6.45) is -3.89. The second-order valence-corrected chi connectivity index (χ2v) is 3.57. The van der Waals surface area contributed by atoms with Gasteiger partial charge in [0, 0.05) is 11.6 Å². The summed E-state index contributed by atoms with van der Waals surface area (Å²) in [5, 5.41) is 1.83. The Morgan fingerprint density at radius 2 is 1.78 bits per heavy atom. The standard InChI is InChI=1S/C11H5F4NO2/c12-8-2-1-5(11(13,14)15)3-6(8)7-4-9(17)16-10(7)18/h1-4H,(H,16,17,18). The highest BCUT2D eigenvalue weighted by Crippen LogP contribution is 2.32. The van der Waals surface area contributed by atoms with Crippen LogP contribution in [0.2, 0.25) is 0 Å². The Balaban J connectivity index is 2.55.